The zero-order chi connectivity index (χ0) is 15.2. The smallest absolute Gasteiger partial charge is 0.374 e. The van der Waals surface area contributed by atoms with Crippen molar-refractivity contribution in [3.05, 3.63) is 30.1 Å². The standard InChI is InChI=1S/C15H19N3O3/c1-2-3-8-18(9-10-19)14-11-6-4-5-7-12(11)16-13(17-14)15(20)21/h4-7,19H,2-3,8-10H2,1H3,(H,20,21). The van der Waals surface area contributed by atoms with Crippen LogP contribution in [-0.2, 0) is 0 Å². The van der Waals surface area contributed by atoms with Gasteiger partial charge in [-0.2, -0.15) is 0 Å². The number of rotatable bonds is 7. The Balaban J connectivity index is 2.54. The van der Waals surface area contributed by atoms with Gasteiger partial charge in [0.15, 0.2) is 0 Å². The predicted octanol–water partition coefficient (Wildman–Crippen LogP) is 1.93. The lowest BCUT2D eigenvalue weighted by atomic mass is 10.2. The molecule has 6 heteroatoms. The number of carbonyl (C=O) groups is 1. The van der Waals surface area contributed by atoms with Crippen LogP contribution in [0.3, 0.4) is 0 Å². The summed E-state index contributed by atoms with van der Waals surface area (Å²) in [6.45, 7) is 3.21. The summed E-state index contributed by atoms with van der Waals surface area (Å²) in [5, 5.41) is 19.2. The predicted molar refractivity (Wildman–Crippen MR) is 80.7 cm³/mol. The highest BCUT2D eigenvalue weighted by Gasteiger charge is 2.16. The summed E-state index contributed by atoms with van der Waals surface area (Å²) in [5.41, 5.74) is 0.597. The Labute approximate surface area is 123 Å². The molecular weight excluding hydrogens is 270 g/mol. The quantitative estimate of drug-likeness (QED) is 0.810. The van der Waals surface area contributed by atoms with Gasteiger partial charge in [-0.15, -0.1) is 0 Å². The molecule has 0 aliphatic heterocycles. The van der Waals surface area contributed by atoms with E-state index in [9.17, 15) is 9.90 Å². The number of hydrogen-bond acceptors (Lipinski definition) is 5. The number of nitrogens with zero attached hydrogens (tertiary/aromatic N) is 3. The van der Waals surface area contributed by atoms with Gasteiger partial charge in [-0.05, 0) is 18.6 Å². The third kappa shape index (κ3) is 3.46. The lowest BCUT2D eigenvalue weighted by molar-refractivity contribution is 0.0684. The van der Waals surface area contributed by atoms with Gasteiger partial charge >= 0.3 is 5.97 Å². The highest BCUT2D eigenvalue weighted by molar-refractivity contribution is 5.93. The number of hydrogen-bond donors (Lipinski definition) is 2. The Morgan fingerprint density at radius 3 is 2.67 bits per heavy atom. The maximum Gasteiger partial charge on any atom is 0.374 e. The Bertz CT molecular complexity index is 631. The lowest BCUT2D eigenvalue weighted by Gasteiger charge is -2.24. The molecule has 2 aromatic rings. The molecular formula is C15H19N3O3. The van der Waals surface area contributed by atoms with Gasteiger partial charge in [0.1, 0.15) is 5.82 Å². The number of benzene rings is 1. The molecule has 0 bridgehead atoms. The van der Waals surface area contributed by atoms with Crippen LogP contribution < -0.4 is 4.90 Å². The Hall–Kier alpha value is -2.21. The van der Waals surface area contributed by atoms with Crippen molar-refractivity contribution < 1.29 is 15.0 Å². The van der Waals surface area contributed by atoms with E-state index in [1.807, 2.05) is 23.1 Å². The van der Waals surface area contributed by atoms with Gasteiger partial charge in [0.25, 0.3) is 0 Å². The molecule has 0 unspecified atom stereocenters. The summed E-state index contributed by atoms with van der Waals surface area (Å²) in [6.07, 6.45) is 1.96. The second-order valence-corrected chi connectivity index (χ2v) is 4.76. The van der Waals surface area contributed by atoms with Crippen LogP contribution in [0.1, 0.15) is 30.4 Å². The monoisotopic (exact) mass is 289 g/mol. The maximum atomic E-state index is 11.2. The molecule has 0 radical (unpaired) electrons. The van der Waals surface area contributed by atoms with E-state index in [2.05, 4.69) is 16.9 Å². The van der Waals surface area contributed by atoms with E-state index in [0.717, 1.165) is 24.8 Å². The molecule has 0 saturated heterocycles. The summed E-state index contributed by atoms with van der Waals surface area (Å²) in [6, 6.07) is 7.32. The Morgan fingerprint density at radius 1 is 1.24 bits per heavy atom. The van der Waals surface area contributed by atoms with Crippen LogP contribution in [-0.4, -0.2) is 45.8 Å². The highest BCUT2D eigenvalue weighted by Crippen LogP contribution is 2.24. The summed E-state index contributed by atoms with van der Waals surface area (Å²) in [5.74, 6) is -0.801. The van der Waals surface area contributed by atoms with Crippen molar-refractivity contribution in [3.63, 3.8) is 0 Å². The number of unbranched alkanes of at least 4 members (excludes halogenated alkanes) is 1. The molecule has 6 nitrogen and oxygen atoms in total. The van der Waals surface area contributed by atoms with E-state index in [1.54, 1.807) is 6.07 Å². The normalized spacial score (nSPS) is 10.8. The second kappa shape index (κ2) is 6.99. The van der Waals surface area contributed by atoms with Crippen molar-refractivity contribution in [2.75, 3.05) is 24.6 Å². The molecule has 0 atom stereocenters. The van der Waals surface area contributed by atoms with Gasteiger partial charge in [0, 0.05) is 18.5 Å². The molecule has 0 spiro atoms. The highest BCUT2D eigenvalue weighted by atomic mass is 16.4. The van der Waals surface area contributed by atoms with E-state index < -0.39 is 5.97 Å². The zero-order valence-electron chi connectivity index (χ0n) is 12.0. The summed E-state index contributed by atoms with van der Waals surface area (Å²) >= 11 is 0. The average molecular weight is 289 g/mol. The minimum Gasteiger partial charge on any atom is -0.475 e. The second-order valence-electron chi connectivity index (χ2n) is 4.76. The van der Waals surface area contributed by atoms with E-state index in [4.69, 9.17) is 5.11 Å². The van der Waals surface area contributed by atoms with Gasteiger partial charge in [0.05, 0.1) is 12.1 Å². The van der Waals surface area contributed by atoms with Gasteiger partial charge in [-0.3, -0.25) is 0 Å². The average Bonchev–Trinajstić information content (AvgIpc) is 2.50. The fourth-order valence-corrected chi connectivity index (χ4v) is 2.19. The molecule has 0 amide bonds. The van der Waals surface area contributed by atoms with Crippen molar-refractivity contribution in [2.45, 2.75) is 19.8 Å². The Kier molecular flexibility index (Phi) is 5.05. The summed E-state index contributed by atoms with van der Waals surface area (Å²) < 4.78 is 0. The molecule has 112 valence electrons. The zero-order valence-corrected chi connectivity index (χ0v) is 12.0. The molecule has 0 saturated carbocycles. The molecule has 0 aliphatic carbocycles. The number of aliphatic hydroxyl groups is 1. The number of aliphatic hydroxyl groups excluding tert-OH is 1. The number of para-hydroxylation sites is 1. The molecule has 0 fully saturated rings. The van der Waals surface area contributed by atoms with Crippen molar-refractivity contribution in [3.8, 4) is 0 Å². The minimum atomic E-state index is -1.15. The molecule has 2 rings (SSSR count). The molecule has 2 N–H and O–H groups in total. The van der Waals surface area contributed by atoms with Gasteiger partial charge in [0.2, 0.25) is 5.82 Å². The van der Waals surface area contributed by atoms with Crippen LogP contribution in [0.2, 0.25) is 0 Å². The number of anilines is 1. The van der Waals surface area contributed by atoms with Gasteiger partial charge < -0.3 is 15.1 Å². The van der Waals surface area contributed by atoms with Crippen molar-refractivity contribution in [1.29, 1.82) is 0 Å². The van der Waals surface area contributed by atoms with E-state index >= 15 is 0 Å². The lowest BCUT2D eigenvalue weighted by Crippen LogP contribution is -2.29. The summed E-state index contributed by atoms with van der Waals surface area (Å²) in [7, 11) is 0. The summed E-state index contributed by atoms with van der Waals surface area (Å²) in [4.78, 5) is 21.3. The van der Waals surface area contributed by atoms with Gasteiger partial charge in [-0.1, -0.05) is 25.5 Å². The van der Waals surface area contributed by atoms with Crippen molar-refractivity contribution >= 4 is 22.7 Å². The topological polar surface area (TPSA) is 86.5 Å². The van der Waals surface area contributed by atoms with Crippen LogP contribution in [0, 0.1) is 0 Å². The molecule has 0 aliphatic rings. The van der Waals surface area contributed by atoms with E-state index in [-0.39, 0.29) is 12.4 Å². The first-order valence-electron chi connectivity index (χ1n) is 7.03. The maximum absolute atomic E-state index is 11.2. The Morgan fingerprint density at radius 2 is 2.00 bits per heavy atom. The molecule has 1 heterocycles. The fourth-order valence-electron chi connectivity index (χ4n) is 2.19. The van der Waals surface area contributed by atoms with Crippen molar-refractivity contribution in [2.24, 2.45) is 0 Å². The number of carboxylic acids is 1. The largest absolute Gasteiger partial charge is 0.475 e. The van der Waals surface area contributed by atoms with Gasteiger partial charge in [-0.25, -0.2) is 14.8 Å². The number of fused-ring (bicyclic) bond motifs is 1. The molecule has 1 aromatic carbocycles. The fraction of sp³-hybridized carbons (Fsp3) is 0.400. The molecule has 21 heavy (non-hydrogen) atoms. The first-order valence-corrected chi connectivity index (χ1v) is 7.03. The number of carboxylic acid groups (broad SMARTS) is 1. The van der Waals surface area contributed by atoms with Crippen LogP contribution >= 0.6 is 0 Å². The molecule has 1 aromatic heterocycles. The number of aromatic carboxylic acids is 1. The third-order valence-electron chi connectivity index (χ3n) is 3.23. The number of aromatic nitrogens is 2. The first kappa shape index (κ1) is 15.2. The first-order chi connectivity index (χ1) is 10.2. The van der Waals surface area contributed by atoms with Crippen LogP contribution in [0.25, 0.3) is 10.9 Å². The van der Waals surface area contributed by atoms with Crippen LogP contribution in [0.5, 0.6) is 0 Å². The van der Waals surface area contributed by atoms with Crippen LogP contribution in [0.4, 0.5) is 5.82 Å². The minimum absolute atomic E-state index is 0.00948. The van der Waals surface area contributed by atoms with E-state index in [1.165, 1.54) is 0 Å². The third-order valence-corrected chi connectivity index (χ3v) is 3.23. The van der Waals surface area contributed by atoms with Crippen LogP contribution in [0.15, 0.2) is 24.3 Å². The SMILES string of the molecule is CCCCN(CCO)c1nc(C(=O)O)nc2ccccc12. The van der Waals surface area contributed by atoms with E-state index in [0.29, 0.717) is 17.9 Å². The van der Waals surface area contributed by atoms with Crippen molar-refractivity contribution in [1.82, 2.24) is 9.97 Å².